The molecule has 5 rings (SSSR count). The number of nitrogens with zero attached hydrogens (tertiary/aromatic N) is 1. The first-order chi connectivity index (χ1) is 14.5. The number of anilines is 1. The van der Waals surface area contributed by atoms with E-state index < -0.39 is 10.0 Å². The third-order valence-electron chi connectivity index (χ3n) is 6.15. The predicted octanol–water partition coefficient (Wildman–Crippen LogP) is 4.37. The van der Waals surface area contributed by atoms with Gasteiger partial charge in [-0.05, 0) is 78.9 Å². The summed E-state index contributed by atoms with van der Waals surface area (Å²) in [4.78, 5) is 14.8. The van der Waals surface area contributed by atoms with Crippen LogP contribution < -0.4 is 4.72 Å². The Hall–Kier alpha value is -2.86. The first-order valence-electron chi connectivity index (χ1n) is 10.5. The molecule has 0 saturated carbocycles. The van der Waals surface area contributed by atoms with Gasteiger partial charge in [0.2, 0.25) is 0 Å². The van der Waals surface area contributed by atoms with Crippen molar-refractivity contribution in [1.29, 1.82) is 0 Å². The molecular formula is C24H24N2O3S. The van der Waals surface area contributed by atoms with Crippen molar-refractivity contribution < 1.29 is 13.2 Å². The molecule has 0 bridgehead atoms. The van der Waals surface area contributed by atoms with E-state index in [4.69, 9.17) is 0 Å². The molecule has 0 unspecified atom stereocenters. The van der Waals surface area contributed by atoms with Crippen molar-refractivity contribution >= 4 is 32.4 Å². The second kappa shape index (κ2) is 7.43. The molecule has 1 fully saturated rings. The Labute approximate surface area is 176 Å². The van der Waals surface area contributed by atoms with E-state index in [2.05, 4.69) is 10.8 Å². The summed E-state index contributed by atoms with van der Waals surface area (Å²) in [7, 11) is -3.74. The molecule has 2 aliphatic rings. The number of carbonyl (C=O) groups is 1. The van der Waals surface area contributed by atoms with Gasteiger partial charge in [0.05, 0.1) is 4.90 Å². The molecule has 0 aromatic heterocycles. The smallest absolute Gasteiger partial charge is 0.262 e. The van der Waals surface area contributed by atoms with Gasteiger partial charge in [0, 0.05) is 29.7 Å². The fraction of sp³-hybridized carbons (Fsp3) is 0.292. The van der Waals surface area contributed by atoms with Crippen LogP contribution in [0.25, 0.3) is 10.8 Å². The van der Waals surface area contributed by atoms with E-state index in [0.29, 0.717) is 16.1 Å². The maximum Gasteiger partial charge on any atom is 0.262 e. The molecule has 1 N–H and O–H groups in total. The summed E-state index contributed by atoms with van der Waals surface area (Å²) in [5.74, 6) is 0.0108. The van der Waals surface area contributed by atoms with Crippen LogP contribution >= 0.6 is 0 Å². The molecular weight excluding hydrogens is 396 g/mol. The average molecular weight is 421 g/mol. The van der Waals surface area contributed by atoms with E-state index in [-0.39, 0.29) is 5.91 Å². The van der Waals surface area contributed by atoms with Crippen LogP contribution in [0.15, 0.2) is 59.5 Å². The van der Waals surface area contributed by atoms with E-state index in [1.165, 1.54) is 17.5 Å². The number of benzene rings is 3. The summed E-state index contributed by atoms with van der Waals surface area (Å²) in [5, 5.41) is 1.84. The number of sulfonamides is 1. The summed E-state index contributed by atoms with van der Waals surface area (Å²) >= 11 is 0. The quantitative estimate of drug-likeness (QED) is 0.682. The maximum absolute atomic E-state index is 13.1. The fourth-order valence-electron chi connectivity index (χ4n) is 4.62. The van der Waals surface area contributed by atoms with E-state index in [1.807, 2.05) is 23.1 Å². The van der Waals surface area contributed by atoms with Gasteiger partial charge in [0.25, 0.3) is 15.9 Å². The molecule has 1 heterocycles. The van der Waals surface area contributed by atoms with Crippen molar-refractivity contribution in [2.75, 3.05) is 17.8 Å². The summed E-state index contributed by atoms with van der Waals surface area (Å²) in [6.07, 6.45) is 5.16. The lowest BCUT2D eigenvalue weighted by Crippen LogP contribution is -2.35. The Morgan fingerprint density at radius 1 is 0.833 bits per heavy atom. The third-order valence-corrected chi connectivity index (χ3v) is 7.59. The maximum atomic E-state index is 13.1. The number of nitrogens with one attached hydrogen (secondary N) is 1. The molecule has 1 amide bonds. The SMILES string of the molecule is O=C(c1ccc(NS(=O)(=O)c2ccc3c4c(cccc24)CC3)cc1)N1CCCCC1. The zero-order valence-corrected chi connectivity index (χ0v) is 17.5. The van der Waals surface area contributed by atoms with Crippen LogP contribution in [0.1, 0.15) is 40.7 Å². The molecule has 0 spiro atoms. The molecule has 0 radical (unpaired) electrons. The second-order valence-electron chi connectivity index (χ2n) is 8.10. The molecule has 0 atom stereocenters. The van der Waals surface area contributed by atoms with Crippen molar-refractivity contribution in [3.63, 3.8) is 0 Å². The monoisotopic (exact) mass is 420 g/mol. The molecule has 154 valence electrons. The summed E-state index contributed by atoms with van der Waals surface area (Å²) < 4.78 is 29.0. The second-order valence-corrected chi connectivity index (χ2v) is 9.75. The highest BCUT2D eigenvalue weighted by molar-refractivity contribution is 7.93. The van der Waals surface area contributed by atoms with Crippen LogP contribution in [0, 0.1) is 0 Å². The van der Waals surface area contributed by atoms with Gasteiger partial charge in [-0.25, -0.2) is 8.42 Å². The molecule has 30 heavy (non-hydrogen) atoms. The van der Waals surface area contributed by atoms with Crippen LogP contribution in [-0.4, -0.2) is 32.3 Å². The van der Waals surface area contributed by atoms with Crippen LogP contribution in [-0.2, 0) is 22.9 Å². The Morgan fingerprint density at radius 2 is 1.53 bits per heavy atom. The van der Waals surface area contributed by atoms with Gasteiger partial charge in [-0.3, -0.25) is 9.52 Å². The number of piperidine rings is 1. The largest absolute Gasteiger partial charge is 0.339 e. The number of hydrogen-bond donors (Lipinski definition) is 1. The van der Waals surface area contributed by atoms with E-state index in [1.54, 1.807) is 30.3 Å². The normalized spacial score (nSPS) is 16.1. The minimum Gasteiger partial charge on any atom is -0.339 e. The fourth-order valence-corrected chi connectivity index (χ4v) is 5.89. The summed E-state index contributed by atoms with van der Waals surface area (Å²) in [6, 6.07) is 16.2. The number of amides is 1. The van der Waals surface area contributed by atoms with Crippen molar-refractivity contribution in [3.8, 4) is 0 Å². The molecule has 3 aromatic carbocycles. The topological polar surface area (TPSA) is 66.5 Å². The Bertz CT molecular complexity index is 1220. The summed E-state index contributed by atoms with van der Waals surface area (Å²) in [6.45, 7) is 1.58. The number of aryl methyl sites for hydroxylation is 2. The highest BCUT2D eigenvalue weighted by Crippen LogP contribution is 2.35. The number of rotatable bonds is 4. The van der Waals surface area contributed by atoms with Gasteiger partial charge in [-0.15, -0.1) is 0 Å². The molecule has 5 nitrogen and oxygen atoms in total. The molecule has 1 aliphatic heterocycles. The van der Waals surface area contributed by atoms with Crippen LogP contribution in [0.4, 0.5) is 5.69 Å². The van der Waals surface area contributed by atoms with Crippen molar-refractivity contribution in [3.05, 3.63) is 71.3 Å². The standard InChI is InChI=1S/C24H24N2O3S/c27-24(26-15-2-1-3-16-26)19-9-12-20(13-10-19)25-30(28,29)22-14-11-18-8-7-17-5-4-6-21(22)23(17)18/h4-6,9-14,25H,1-3,7-8,15-16H2. The van der Waals surface area contributed by atoms with E-state index in [9.17, 15) is 13.2 Å². The third kappa shape index (κ3) is 3.35. The van der Waals surface area contributed by atoms with E-state index >= 15 is 0 Å². The number of hydrogen-bond acceptors (Lipinski definition) is 3. The van der Waals surface area contributed by atoms with Gasteiger partial charge in [0.1, 0.15) is 0 Å². The van der Waals surface area contributed by atoms with Gasteiger partial charge in [-0.1, -0.05) is 24.3 Å². The Kier molecular flexibility index (Phi) is 4.74. The minimum absolute atomic E-state index is 0.0108. The van der Waals surface area contributed by atoms with Crippen LogP contribution in [0.5, 0.6) is 0 Å². The number of likely N-dealkylation sites (tertiary alicyclic amines) is 1. The molecule has 3 aromatic rings. The average Bonchev–Trinajstić information content (AvgIpc) is 3.19. The van der Waals surface area contributed by atoms with Gasteiger partial charge >= 0.3 is 0 Å². The summed E-state index contributed by atoms with van der Waals surface area (Å²) in [5.41, 5.74) is 3.46. The van der Waals surface area contributed by atoms with E-state index in [0.717, 1.165) is 49.5 Å². The Balaban J connectivity index is 1.41. The first-order valence-corrected chi connectivity index (χ1v) is 12.0. The van der Waals surface area contributed by atoms with Gasteiger partial charge < -0.3 is 4.90 Å². The van der Waals surface area contributed by atoms with Crippen LogP contribution in [0.3, 0.4) is 0 Å². The highest BCUT2D eigenvalue weighted by Gasteiger charge is 2.23. The van der Waals surface area contributed by atoms with Crippen molar-refractivity contribution in [1.82, 2.24) is 4.90 Å². The van der Waals surface area contributed by atoms with Gasteiger partial charge in [-0.2, -0.15) is 0 Å². The zero-order chi connectivity index (χ0) is 20.7. The zero-order valence-electron chi connectivity index (χ0n) is 16.7. The molecule has 1 saturated heterocycles. The minimum atomic E-state index is -3.74. The van der Waals surface area contributed by atoms with Crippen LogP contribution in [0.2, 0.25) is 0 Å². The number of carbonyl (C=O) groups excluding carboxylic acids is 1. The lowest BCUT2D eigenvalue weighted by Gasteiger charge is -2.26. The van der Waals surface area contributed by atoms with Gasteiger partial charge in [0.15, 0.2) is 0 Å². The van der Waals surface area contributed by atoms with Crippen molar-refractivity contribution in [2.24, 2.45) is 0 Å². The first kappa shape index (κ1) is 19.1. The lowest BCUT2D eigenvalue weighted by molar-refractivity contribution is 0.0724. The predicted molar refractivity (Wildman–Crippen MR) is 118 cm³/mol. The lowest BCUT2D eigenvalue weighted by atomic mass is 10.1. The Morgan fingerprint density at radius 3 is 2.27 bits per heavy atom. The van der Waals surface area contributed by atoms with Crippen molar-refractivity contribution in [2.45, 2.75) is 37.0 Å². The molecule has 1 aliphatic carbocycles. The highest BCUT2D eigenvalue weighted by atomic mass is 32.2. The molecule has 6 heteroatoms.